The highest BCUT2D eigenvalue weighted by atomic mass is 16.1. The molecule has 3 rings (SSSR count). The summed E-state index contributed by atoms with van der Waals surface area (Å²) in [5.74, 6) is 0.820. The maximum atomic E-state index is 10.6. The molecule has 1 unspecified atom stereocenters. The van der Waals surface area contributed by atoms with Crippen LogP contribution >= 0.6 is 0 Å². The zero-order valence-electron chi connectivity index (χ0n) is 8.76. The van der Waals surface area contributed by atoms with Crippen LogP contribution in [0, 0.1) is 0 Å². The normalized spacial score (nSPS) is 20.4. The van der Waals surface area contributed by atoms with E-state index in [0.29, 0.717) is 5.56 Å². The smallest absolute Gasteiger partial charge is 0.168 e. The van der Waals surface area contributed by atoms with Crippen LogP contribution in [0.15, 0.2) is 18.3 Å². The summed E-state index contributed by atoms with van der Waals surface area (Å²) in [6.45, 7) is 1.03. The van der Waals surface area contributed by atoms with Crippen LogP contribution in [0.5, 0.6) is 0 Å². The fraction of sp³-hybridized carbons (Fsp3) is 0.364. The first-order valence-corrected chi connectivity index (χ1v) is 5.42. The van der Waals surface area contributed by atoms with Crippen LogP contribution in [0.2, 0.25) is 0 Å². The van der Waals surface area contributed by atoms with Crippen molar-refractivity contribution in [2.75, 3.05) is 6.54 Å². The second-order valence-corrected chi connectivity index (χ2v) is 4.00. The SMILES string of the molecule is O=Cc1ccn2nc(C3CCCN3)nc2c1. The van der Waals surface area contributed by atoms with Gasteiger partial charge in [-0.1, -0.05) is 0 Å². The largest absolute Gasteiger partial charge is 0.307 e. The molecule has 16 heavy (non-hydrogen) atoms. The highest BCUT2D eigenvalue weighted by molar-refractivity contribution is 5.76. The Balaban J connectivity index is 2.04. The van der Waals surface area contributed by atoms with Crippen LogP contribution in [0.25, 0.3) is 5.65 Å². The standard InChI is InChI=1S/C11H12N4O/c16-7-8-3-5-15-10(6-8)13-11(14-15)9-2-1-4-12-9/h3,5-7,9,12H,1-2,4H2. The van der Waals surface area contributed by atoms with Gasteiger partial charge in [-0.25, -0.2) is 9.50 Å². The van der Waals surface area contributed by atoms with Crippen LogP contribution < -0.4 is 5.32 Å². The lowest BCUT2D eigenvalue weighted by Gasteiger charge is -2.02. The summed E-state index contributed by atoms with van der Waals surface area (Å²) in [5.41, 5.74) is 1.36. The van der Waals surface area contributed by atoms with E-state index in [1.54, 1.807) is 22.8 Å². The first-order chi connectivity index (χ1) is 7.86. The number of carbonyl (C=O) groups excluding carboxylic acids is 1. The number of nitrogens with zero attached hydrogens (tertiary/aromatic N) is 3. The van der Waals surface area contributed by atoms with E-state index in [4.69, 9.17) is 0 Å². The minimum atomic E-state index is 0.264. The summed E-state index contributed by atoms with van der Waals surface area (Å²) in [6.07, 6.45) is 4.84. The van der Waals surface area contributed by atoms with Crippen molar-refractivity contribution in [1.82, 2.24) is 19.9 Å². The van der Waals surface area contributed by atoms with E-state index >= 15 is 0 Å². The van der Waals surface area contributed by atoms with Crippen molar-refractivity contribution in [2.45, 2.75) is 18.9 Å². The van der Waals surface area contributed by atoms with Crippen molar-refractivity contribution >= 4 is 11.9 Å². The number of hydrogen-bond acceptors (Lipinski definition) is 4. The Labute approximate surface area is 92.5 Å². The van der Waals surface area contributed by atoms with E-state index in [2.05, 4.69) is 15.4 Å². The van der Waals surface area contributed by atoms with Gasteiger partial charge in [0.2, 0.25) is 0 Å². The summed E-state index contributed by atoms with van der Waals surface area (Å²) in [5, 5.41) is 7.75. The van der Waals surface area contributed by atoms with Gasteiger partial charge in [-0.3, -0.25) is 4.79 Å². The Morgan fingerprint density at radius 3 is 3.25 bits per heavy atom. The lowest BCUT2D eigenvalue weighted by atomic mass is 10.2. The van der Waals surface area contributed by atoms with Crippen molar-refractivity contribution in [3.05, 3.63) is 29.7 Å². The monoisotopic (exact) mass is 216 g/mol. The Hall–Kier alpha value is -1.75. The second kappa shape index (κ2) is 3.68. The van der Waals surface area contributed by atoms with E-state index in [9.17, 15) is 4.79 Å². The quantitative estimate of drug-likeness (QED) is 0.760. The Kier molecular flexibility index (Phi) is 2.18. The predicted molar refractivity (Wildman–Crippen MR) is 58.4 cm³/mol. The molecule has 1 aliphatic heterocycles. The van der Waals surface area contributed by atoms with Crippen molar-refractivity contribution < 1.29 is 4.79 Å². The number of nitrogens with one attached hydrogen (secondary N) is 1. The number of aromatic nitrogens is 3. The molecule has 2 aromatic rings. The third kappa shape index (κ3) is 1.49. The Bertz CT molecular complexity index is 528. The number of rotatable bonds is 2. The summed E-state index contributed by atoms with van der Waals surface area (Å²) in [4.78, 5) is 15.1. The molecule has 0 spiro atoms. The van der Waals surface area contributed by atoms with Crippen molar-refractivity contribution in [3.8, 4) is 0 Å². The molecule has 3 heterocycles. The Morgan fingerprint density at radius 1 is 1.56 bits per heavy atom. The van der Waals surface area contributed by atoms with E-state index < -0.39 is 0 Å². The molecule has 0 saturated carbocycles. The first kappa shape index (κ1) is 9.47. The van der Waals surface area contributed by atoms with E-state index in [-0.39, 0.29) is 6.04 Å². The molecule has 2 aromatic heterocycles. The van der Waals surface area contributed by atoms with E-state index in [1.807, 2.05) is 0 Å². The van der Waals surface area contributed by atoms with E-state index in [1.165, 1.54) is 6.42 Å². The van der Waals surface area contributed by atoms with Gasteiger partial charge in [-0.15, -0.1) is 5.10 Å². The predicted octanol–water partition coefficient (Wildman–Crippen LogP) is 0.966. The highest BCUT2D eigenvalue weighted by Gasteiger charge is 2.20. The molecule has 0 aliphatic carbocycles. The van der Waals surface area contributed by atoms with E-state index in [0.717, 1.165) is 30.7 Å². The maximum absolute atomic E-state index is 10.6. The van der Waals surface area contributed by atoms with Gasteiger partial charge in [0.15, 0.2) is 11.5 Å². The van der Waals surface area contributed by atoms with Gasteiger partial charge in [0.05, 0.1) is 6.04 Å². The molecule has 0 radical (unpaired) electrons. The summed E-state index contributed by atoms with van der Waals surface area (Å²) >= 11 is 0. The molecular formula is C11H12N4O. The highest BCUT2D eigenvalue weighted by Crippen LogP contribution is 2.20. The van der Waals surface area contributed by atoms with Crippen LogP contribution in [-0.4, -0.2) is 27.4 Å². The summed E-state index contributed by atoms with van der Waals surface area (Å²) < 4.78 is 1.71. The zero-order chi connectivity index (χ0) is 11.0. The first-order valence-electron chi connectivity index (χ1n) is 5.42. The van der Waals surface area contributed by atoms with Crippen molar-refractivity contribution in [3.63, 3.8) is 0 Å². The molecule has 82 valence electrons. The molecular weight excluding hydrogens is 204 g/mol. The minimum absolute atomic E-state index is 0.264. The lowest BCUT2D eigenvalue weighted by molar-refractivity contribution is 0.112. The third-order valence-electron chi connectivity index (χ3n) is 2.89. The average Bonchev–Trinajstić information content (AvgIpc) is 2.96. The molecule has 5 heteroatoms. The number of hydrogen-bond donors (Lipinski definition) is 1. The average molecular weight is 216 g/mol. The number of pyridine rings is 1. The van der Waals surface area contributed by atoms with Gasteiger partial charge in [0.1, 0.15) is 6.29 Å². The fourth-order valence-corrected chi connectivity index (χ4v) is 2.04. The number of aldehydes is 1. The second-order valence-electron chi connectivity index (χ2n) is 4.00. The third-order valence-corrected chi connectivity index (χ3v) is 2.89. The Morgan fingerprint density at radius 2 is 2.50 bits per heavy atom. The fourth-order valence-electron chi connectivity index (χ4n) is 2.04. The van der Waals surface area contributed by atoms with Crippen LogP contribution in [0.3, 0.4) is 0 Å². The van der Waals surface area contributed by atoms with Gasteiger partial charge < -0.3 is 5.32 Å². The van der Waals surface area contributed by atoms with Gasteiger partial charge in [0, 0.05) is 11.8 Å². The van der Waals surface area contributed by atoms with Gasteiger partial charge in [-0.05, 0) is 31.5 Å². The topological polar surface area (TPSA) is 59.3 Å². The van der Waals surface area contributed by atoms with Gasteiger partial charge in [0.25, 0.3) is 0 Å². The molecule has 0 aromatic carbocycles. The molecule has 1 N–H and O–H groups in total. The molecule has 5 nitrogen and oxygen atoms in total. The molecule has 1 saturated heterocycles. The molecule has 1 aliphatic rings. The summed E-state index contributed by atoms with van der Waals surface area (Å²) in [7, 11) is 0. The lowest BCUT2D eigenvalue weighted by Crippen LogP contribution is -2.14. The van der Waals surface area contributed by atoms with Crippen molar-refractivity contribution in [2.24, 2.45) is 0 Å². The maximum Gasteiger partial charge on any atom is 0.168 e. The zero-order valence-corrected chi connectivity index (χ0v) is 8.76. The van der Waals surface area contributed by atoms with Crippen LogP contribution in [0.4, 0.5) is 0 Å². The molecule has 0 bridgehead atoms. The van der Waals surface area contributed by atoms with Gasteiger partial charge >= 0.3 is 0 Å². The minimum Gasteiger partial charge on any atom is -0.307 e. The molecule has 1 fully saturated rings. The number of fused-ring (bicyclic) bond motifs is 1. The molecule has 0 amide bonds. The van der Waals surface area contributed by atoms with Crippen LogP contribution in [-0.2, 0) is 0 Å². The van der Waals surface area contributed by atoms with Crippen molar-refractivity contribution in [1.29, 1.82) is 0 Å². The van der Waals surface area contributed by atoms with Gasteiger partial charge in [-0.2, -0.15) is 0 Å². The summed E-state index contributed by atoms with van der Waals surface area (Å²) in [6, 6.07) is 3.75. The molecule has 1 atom stereocenters. The van der Waals surface area contributed by atoms with Crippen LogP contribution in [0.1, 0.15) is 35.1 Å². The number of carbonyl (C=O) groups is 1.